The fourth-order valence-electron chi connectivity index (χ4n) is 2.70. The molecule has 2 rings (SSSR count). The van der Waals surface area contributed by atoms with Crippen molar-refractivity contribution in [3.8, 4) is 5.75 Å². The van der Waals surface area contributed by atoms with Crippen LogP contribution in [0, 0.1) is 5.92 Å². The van der Waals surface area contributed by atoms with E-state index in [-0.39, 0.29) is 4.90 Å². The zero-order valence-corrected chi connectivity index (χ0v) is 14.6. The van der Waals surface area contributed by atoms with Crippen LogP contribution in [0.2, 0.25) is 0 Å². The second kappa shape index (κ2) is 8.63. The third-order valence-corrected chi connectivity index (χ3v) is 5.69. The smallest absolute Gasteiger partial charge is 0.240 e. The third-order valence-electron chi connectivity index (χ3n) is 4.25. The predicted molar refractivity (Wildman–Crippen MR) is 89.2 cm³/mol. The number of rotatable bonds is 8. The second-order valence-electron chi connectivity index (χ2n) is 5.81. The maximum absolute atomic E-state index is 12.3. The Morgan fingerprint density at radius 1 is 1.17 bits per heavy atom. The molecule has 0 unspecified atom stereocenters. The molecule has 6 nitrogen and oxygen atoms in total. The second-order valence-corrected chi connectivity index (χ2v) is 7.57. The Bertz CT molecular complexity index is 566. The Hall–Kier alpha value is -1.15. The Labute approximate surface area is 138 Å². The van der Waals surface area contributed by atoms with Crippen molar-refractivity contribution in [1.29, 1.82) is 0 Å². The van der Waals surface area contributed by atoms with E-state index >= 15 is 0 Å². The number of nitrogens with one attached hydrogen (secondary N) is 1. The first-order chi connectivity index (χ1) is 11.0. The highest BCUT2D eigenvalue weighted by atomic mass is 32.2. The molecule has 1 heterocycles. The van der Waals surface area contributed by atoms with Crippen LogP contribution in [0.1, 0.15) is 12.8 Å². The van der Waals surface area contributed by atoms with Gasteiger partial charge in [-0.15, -0.1) is 0 Å². The summed E-state index contributed by atoms with van der Waals surface area (Å²) >= 11 is 0. The van der Waals surface area contributed by atoms with Gasteiger partial charge in [0.2, 0.25) is 10.0 Å². The molecule has 23 heavy (non-hydrogen) atoms. The number of ether oxygens (including phenoxy) is 2. The van der Waals surface area contributed by atoms with Crippen LogP contribution in [-0.2, 0) is 14.8 Å². The lowest BCUT2D eigenvalue weighted by molar-refractivity contribution is 0.121. The maximum atomic E-state index is 12.3. The van der Waals surface area contributed by atoms with Crippen LogP contribution in [0.5, 0.6) is 5.75 Å². The number of benzene rings is 1. The summed E-state index contributed by atoms with van der Waals surface area (Å²) in [6.45, 7) is 4.18. The van der Waals surface area contributed by atoms with E-state index < -0.39 is 10.0 Å². The summed E-state index contributed by atoms with van der Waals surface area (Å²) in [6.07, 6.45) is 2.02. The van der Waals surface area contributed by atoms with Crippen molar-refractivity contribution in [3.63, 3.8) is 0 Å². The van der Waals surface area contributed by atoms with Crippen molar-refractivity contribution in [2.45, 2.75) is 17.7 Å². The highest BCUT2D eigenvalue weighted by Gasteiger charge is 2.21. The van der Waals surface area contributed by atoms with E-state index in [9.17, 15) is 8.42 Å². The van der Waals surface area contributed by atoms with Gasteiger partial charge in [0.05, 0.1) is 18.6 Å². The lowest BCUT2D eigenvalue weighted by Crippen LogP contribution is -2.39. The van der Waals surface area contributed by atoms with E-state index in [0.717, 1.165) is 39.1 Å². The van der Waals surface area contributed by atoms with Gasteiger partial charge in [0.15, 0.2) is 0 Å². The van der Waals surface area contributed by atoms with Crippen LogP contribution >= 0.6 is 0 Å². The molecular weight excluding hydrogens is 316 g/mol. The van der Waals surface area contributed by atoms with Gasteiger partial charge in [-0.25, -0.2) is 13.1 Å². The van der Waals surface area contributed by atoms with Gasteiger partial charge >= 0.3 is 0 Å². The molecular formula is C16H26N2O4S. The number of sulfonamides is 1. The van der Waals surface area contributed by atoms with Gasteiger partial charge in [-0.2, -0.15) is 0 Å². The summed E-state index contributed by atoms with van der Waals surface area (Å²) < 4.78 is 37.5. The summed E-state index contributed by atoms with van der Waals surface area (Å²) in [5.74, 6) is 1.04. The van der Waals surface area contributed by atoms with Crippen LogP contribution in [0.25, 0.3) is 0 Å². The molecule has 0 bridgehead atoms. The molecule has 0 spiro atoms. The lowest BCUT2D eigenvalue weighted by Gasteiger charge is -2.31. The number of hydrogen-bond donors (Lipinski definition) is 1. The Kier molecular flexibility index (Phi) is 6.83. The van der Waals surface area contributed by atoms with Crippen LogP contribution in [0.4, 0.5) is 0 Å². The van der Waals surface area contributed by atoms with Gasteiger partial charge in [0.1, 0.15) is 5.75 Å². The highest BCUT2D eigenvalue weighted by Crippen LogP contribution is 2.18. The fourth-order valence-corrected chi connectivity index (χ4v) is 3.82. The van der Waals surface area contributed by atoms with Gasteiger partial charge in [-0.3, -0.25) is 0 Å². The molecule has 1 aromatic carbocycles. The summed E-state index contributed by atoms with van der Waals surface area (Å²) in [4.78, 5) is 2.63. The first-order valence-corrected chi connectivity index (χ1v) is 9.38. The van der Waals surface area contributed by atoms with Crippen LogP contribution in [0.3, 0.4) is 0 Å². The average Bonchev–Trinajstić information content (AvgIpc) is 2.59. The monoisotopic (exact) mass is 342 g/mol. The minimum atomic E-state index is -3.45. The normalized spacial score (nSPS) is 17.3. The van der Waals surface area contributed by atoms with E-state index in [1.165, 1.54) is 0 Å². The van der Waals surface area contributed by atoms with Crippen molar-refractivity contribution in [2.24, 2.45) is 5.92 Å². The van der Waals surface area contributed by atoms with E-state index in [2.05, 4.69) is 9.62 Å². The number of piperidine rings is 1. The topological polar surface area (TPSA) is 67.9 Å². The third kappa shape index (κ3) is 5.46. The van der Waals surface area contributed by atoms with Crippen LogP contribution < -0.4 is 9.46 Å². The van der Waals surface area contributed by atoms with Crippen molar-refractivity contribution < 1.29 is 17.9 Å². The molecule has 0 radical (unpaired) electrons. The highest BCUT2D eigenvalue weighted by molar-refractivity contribution is 7.89. The summed E-state index contributed by atoms with van der Waals surface area (Å²) in [5, 5.41) is 0. The minimum absolute atomic E-state index is 0.274. The summed E-state index contributed by atoms with van der Waals surface area (Å²) in [5.41, 5.74) is 0. The van der Waals surface area contributed by atoms with E-state index in [1.54, 1.807) is 38.5 Å². The number of methoxy groups -OCH3 is 2. The number of nitrogens with zero attached hydrogens (tertiary/aromatic N) is 1. The molecule has 1 aliphatic heterocycles. The summed E-state index contributed by atoms with van der Waals surface area (Å²) in [7, 11) is -0.186. The molecule has 1 aromatic rings. The molecule has 0 aromatic heterocycles. The van der Waals surface area contributed by atoms with Crippen molar-refractivity contribution in [3.05, 3.63) is 24.3 Å². The molecule has 1 N–H and O–H groups in total. The molecule has 0 saturated carbocycles. The van der Waals surface area contributed by atoms with E-state index in [1.807, 2.05) is 0 Å². The van der Waals surface area contributed by atoms with Crippen molar-refractivity contribution in [2.75, 3.05) is 47.0 Å². The van der Waals surface area contributed by atoms with Gasteiger partial charge in [0, 0.05) is 20.2 Å². The van der Waals surface area contributed by atoms with Crippen LogP contribution in [0.15, 0.2) is 29.2 Å². The summed E-state index contributed by atoms with van der Waals surface area (Å²) in [6, 6.07) is 6.44. The van der Waals surface area contributed by atoms with Gasteiger partial charge in [0.25, 0.3) is 0 Å². The molecule has 0 amide bonds. The predicted octanol–water partition coefficient (Wildman–Crippen LogP) is 1.33. The average molecular weight is 342 g/mol. The Balaban J connectivity index is 1.80. The van der Waals surface area contributed by atoms with Crippen molar-refractivity contribution >= 4 is 10.0 Å². The van der Waals surface area contributed by atoms with Crippen molar-refractivity contribution in [1.82, 2.24) is 9.62 Å². The molecule has 7 heteroatoms. The lowest BCUT2D eigenvalue weighted by atomic mass is 9.97. The first kappa shape index (κ1) is 18.2. The number of likely N-dealkylation sites (tertiary alicyclic amines) is 1. The quantitative estimate of drug-likeness (QED) is 0.772. The first-order valence-electron chi connectivity index (χ1n) is 7.90. The minimum Gasteiger partial charge on any atom is -0.497 e. The van der Waals surface area contributed by atoms with Gasteiger partial charge < -0.3 is 14.4 Å². The van der Waals surface area contributed by atoms with E-state index in [0.29, 0.717) is 18.2 Å². The molecule has 0 atom stereocenters. The fraction of sp³-hybridized carbons (Fsp3) is 0.625. The van der Waals surface area contributed by atoms with Crippen LogP contribution in [-0.4, -0.2) is 60.3 Å². The zero-order chi connectivity index (χ0) is 16.7. The SMILES string of the molecule is COCCN1CCC(CNS(=O)(=O)c2ccc(OC)cc2)CC1. The zero-order valence-electron chi connectivity index (χ0n) is 13.8. The maximum Gasteiger partial charge on any atom is 0.240 e. The molecule has 0 aliphatic carbocycles. The molecule has 1 aliphatic rings. The largest absolute Gasteiger partial charge is 0.497 e. The Morgan fingerprint density at radius 3 is 2.39 bits per heavy atom. The molecule has 1 saturated heterocycles. The van der Waals surface area contributed by atoms with E-state index in [4.69, 9.17) is 9.47 Å². The molecule has 130 valence electrons. The number of hydrogen-bond acceptors (Lipinski definition) is 5. The molecule has 1 fully saturated rings. The van der Waals surface area contributed by atoms with Gasteiger partial charge in [-0.1, -0.05) is 0 Å². The standard InChI is InChI=1S/C16H26N2O4S/c1-21-12-11-18-9-7-14(8-10-18)13-17-23(19,20)16-5-3-15(22-2)4-6-16/h3-6,14,17H,7-13H2,1-2H3. The Morgan fingerprint density at radius 2 is 1.83 bits per heavy atom. The van der Waals surface area contributed by atoms with Gasteiger partial charge in [-0.05, 0) is 56.1 Å².